The lowest BCUT2D eigenvalue weighted by Crippen LogP contribution is -2.21. The van der Waals surface area contributed by atoms with Crippen molar-refractivity contribution in [3.05, 3.63) is 36.5 Å². The number of epoxide rings is 1. The standard InChI is InChI=1S/C24H38O3/c1-3-4-18-22-23(27-22)19-14-10-9-13-17-21-16-12-8-6-5-7-11-15-20(2)24(25)26-21/h8-10,12-13,17,20-23H,3-7,11,14-16,18-19H2,1-2H3/b10-9?,12-8-,17-13?. The molecule has 0 radical (unpaired) electrons. The maximum absolute atomic E-state index is 12.3. The van der Waals surface area contributed by atoms with E-state index in [0.717, 1.165) is 38.5 Å². The number of carbonyl (C=O) groups is 1. The van der Waals surface area contributed by atoms with Gasteiger partial charge in [0.1, 0.15) is 6.10 Å². The molecule has 2 aliphatic heterocycles. The van der Waals surface area contributed by atoms with E-state index in [0.29, 0.717) is 12.2 Å². The molecule has 2 aliphatic rings. The quantitative estimate of drug-likeness (QED) is 0.217. The molecule has 0 aromatic carbocycles. The molecule has 1 fully saturated rings. The second-order valence-electron chi connectivity index (χ2n) is 7.97. The smallest absolute Gasteiger partial charge is 0.309 e. The first-order valence-electron chi connectivity index (χ1n) is 11.0. The van der Waals surface area contributed by atoms with E-state index in [2.05, 4.69) is 31.2 Å². The summed E-state index contributed by atoms with van der Waals surface area (Å²) < 4.78 is 11.4. The van der Waals surface area contributed by atoms with Crippen LogP contribution in [0.3, 0.4) is 0 Å². The molecule has 2 heterocycles. The summed E-state index contributed by atoms with van der Waals surface area (Å²) in [5, 5.41) is 0. The van der Waals surface area contributed by atoms with Gasteiger partial charge in [0.05, 0.1) is 18.1 Å². The van der Waals surface area contributed by atoms with E-state index in [-0.39, 0.29) is 18.0 Å². The number of ether oxygens (including phenoxy) is 2. The van der Waals surface area contributed by atoms with Gasteiger partial charge in [-0.15, -0.1) is 0 Å². The molecule has 0 saturated carbocycles. The molecule has 2 rings (SSSR count). The number of unbranched alkanes of at least 4 members (excludes halogenated alkanes) is 1. The average molecular weight is 375 g/mol. The zero-order valence-electron chi connectivity index (χ0n) is 17.3. The molecule has 0 bridgehead atoms. The molecule has 0 N–H and O–H groups in total. The maximum atomic E-state index is 12.3. The highest BCUT2D eigenvalue weighted by molar-refractivity contribution is 5.72. The van der Waals surface area contributed by atoms with Crippen LogP contribution in [0.5, 0.6) is 0 Å². The van der Waals surface area contributed by atoms with Crippen LogP contribution < -0.4 is 0 Å². The third-order valence-corrected chi connectivity index (χ3v) is 5.43. The van der Waals surface area contributed by atoms with E-state index in [1.54, 1.807) is 0 Å². The fraction of sp³-hybridized carbons (Fsp3) is 0.708. The molecular weight excluding hydrogens is 336 g/mol. The van der Waals surface area contributed by atoms with Crippen LogP contribution in [0.4, 0.5) is 0 Å². The van der Waals surface area contributed by atoms with Gasteiger partial charge in [-0.3, -0.25) is 4.79 Å². The predicted octanol–water partition coefficient (Wildman–Crippen LogP) is 6.29. The Labute approximate surface area is 165 Å². The van der Waals surface area contributed by atoms with E-state index in [4.69, 9.17) is 9.47 Å². The highest BCUT2D eigenvalue weighted by Crippen LogP contribution is 2.30. The van der Waals surface area contributed by atoms with Gasteiger partial charge in [0.2, 0.25) is 0 Å². The SMILES string of the molecule is CCCCC1OC1CCC=CC=CC1C/C=C\CCCCCC(C)C(=O)O1. The first kappa shape index (κ1) is 21.9. The number of esters is 1. The molecule has 4 unspecified atom stereocenters. The maximum Gasteiger partial charge on any atom is 0.309 e. The van der Waals surface area contributed by atoms with Crippen molar-refractivity contribution in [1.29, 1.82) is 0 Å². The zero-order valence-corrected chi connectivity index (χ0v) is 17.3. The van der Waals surface area contributed by atoms with E-state index < -0.39 is 0 Å². The Kier molecular flexibility index (Phi) is 10.5. The van der Waals surface area contributed by atoms with Gasteiger partial charge < -0.3 is 9.47 Å². The van der Waals surface area contributed by atoms with Crippen LogP contribution in [0.25, 0.3) is 0 Å². The highest BCUT2D eigenvalue weighted by atomic mass is 16.6. The third kappa shape index (κ3) is 9.41. The Bertz CT molecular complexity index is 506. The Balaban J connectivity index is 1.72. The molecule has 0 spiro atoms. The summed E-state index contributed by atoms with van der Waals surface area (Å²) in [6, 6.07) is 0. The summed E-state index contributed by atoms with van der Waals surface area (Å²) in [5.41, 5.74) is 0. The van der Waals surface area contributed by atoms with E-state index in [9.17, 15) is 4.79 Å². The normalized spacial score (nSPS) is 31.4. The Morgan fingerprint density at radius 1 is 1.11 bits per heavy atom. The number of cyclic esters (lactones) is 1. The molecule has 27 heavy (non-hydrogen) atoms. The average Bonchev–Trinajstić information content (AvgIpc) is 3.41. The molecule has 1 saturated heterocycles. The summed E-state index contributed by atoms with van der Waals surface area (Å²) in [5.74, 6) is -0.0642. The highest BCUT2D eigenvalue weighted by Gasteiger charge is 2.36. The van der Waals surface area contributed by atoms with Gasteiger partial charge in [-0.2, -0.15) is 0 Å². The Morgan fingerprint density at radius 3 is 2.81 bits per heavy atom. The summed E-state index contributed by atoms with van der Waals surface area (Å²) in [4.78, 5) is 12.3. The minimum atomic E-state index is -0.162. The van der Waals surface area contributed by atoms with Crippen LogP contribution in [0.1, 0.15) is 84.5 Å². The second-order valence-corrected chi connectivity index (χ2v) is 7.97. The fourth-order valence-corrected chi connectivity index (χ4v) is 3.50. The minimum absolute atomic E-state index is 0.000885. The van der Waals surface area contributed by atoms with Crippen LogP contribution in [-0.2, 0) is 14.3 Å². The predicted molar refractivity (Wildman–Crippen MR) is 112 cm³/mol. The largest absolute Gasteiger partial charge is 0.458 e. The lowest BCUT2D eigenvalue weighted by molar-refractivity contribution is -0.151. The van der Waals surface area contributed by atoms with Crippen molar-refractivity contribution in [2.45, 2.75) is 103 Å². The molecule has 0 amide bonds. The van der Waals surface area contributed by atoms with Crippen LogP contribution in [0.2, 0.25) is 0 Å². The van der Waals surface area contributed by atoms with Gasteiger partial charge in [0.25, 0.3) is 0 Å². The van der Waals surface area contributed by atoms with Gasteiger partial charge in [0, 0.05) is 6.42 Å². The topological polar surface area (TPSA) is 38.8 Å². The van der Waals surface area contributed by atoms with Gasteiger partial charge in [0.15, 0.2) is 0 Å². The van der Waals surface area contributed by atoms with Crippen molar-refractivity contribution in [3.63, 3.8) is 0 Å². The molecule has 3 nitrogen and oxygen atoms in total. The summed E-state index contributed by atoms with van der Waals surface area (Å²) in [7, 11) is 0. The van der Waals surface area contributed by atoms with Crippen LogP contribution in [-0.4, -0.2) is 24.3 Å². The monoisotopic (exact) mass is 374 g/mol. The molecule has 0 aromatic heterocycles. The molecule has 4 atom stereocenters. The molecule has 0 aliphatic carbocycles. The Morgan fingerprint density at radius 2 is 1.96 bits per heavy atom. The number of hydrogen-bond acceptors (Lipinski definition) is 3. The van der Waals surface area contributed by atoms with E-state index in [1.807, 2.05) is 19.1 Å². The van der Waals surface area contributed by atoms with Gasteiger partial charge in [-0.25, -0.2) is 0 Å². The number of rotatable bonds is 8. The lowest BCUT2D eigenvalue weighted by atomic mass is 10.0. The summed E-state index contributed by atoms with van der Waals surface area (Å²) >= 11 is 0. The third-order valence-electron chi connectivity index (χ3n) is 5.43. The van der Waals surface area contributed by atoms with Crippen molar-refractivity contribution < 1.29 is 14.3 Å². The molecular formula is C24H38O3. The van der Waals surface area contributed by atoms with E-state index >= 15 is 0 Å². The van der Waals surface area contributed by atoms with Gasteiger partial charge in [-0.1, -0.05) is 69.9 Å². The van der Waals surface area contributed by atoms with Crippen molar-refractivity contribution in [3.8, 4) is 0 Å². The van der Waals surface area contributed by atoms with Crippen molar-refractivity contribution in [2.24, 2.45) is 5.92 Å². The fourth-order valence-electron chi connectivity index (χ4n) is 3.50. The number of allylic oxidation sites excluding steroid dienone is 4. The number of carbonyl (C=O) groups excluding carboxylic acids is 1. The van der Waals surface area contributed by atoms with Crippen LogP contribution in [0, 0.1) is 5.92 Å². The van der Waals surface area contributed by atoms with Crippen molar-refractivity contribution >= 4 is 5.97 Å². The lowest BCUT2D eigenvalue weighted by Gasteiger charge is -2.17. The first-order valence-corrected chi connectivity index (χ1v) is 11.0. The summed E-state index contributed by atoms with van der Waals surface area (Å²) in [6.07, 6.45) is 25.7. The second kappa shape index (κ2) is 12.9. The minimum Gasteiger partial charge on any atom is -0.458 e. The first-order chi connectivity index (χ1) is 13.2. The van der Waals surface area contributed by atoms with Crippen molar-refractivity contribution in [1.82, 2.24) is 0 Å². The van der Waals surface area contributed by atoms with Gasteiger partial charge in [-0.05, 0) is 44.6 Å². The van der Waals surface area contributed by atoms with E-state index in [1.165, 1.54) is 32.1 Å². The van der Waals surface area contributed by atoms with Crippen molar-refractivity contribution in [2.75, 3.05) is 0 Å². The molecule has 3 heteroatoms. The number of hydrogen-bond donors (Lipinski definition) is 0. The molecule has 152 valence electrons. The van der Waals surface area contributed by atoms with Gasteiger partial charge >= 0.3 is 5.97 Å². The molecule has 0 aromatic rings. The zero-order chi connectivity index (χ0) is 19.3. The Hall–Kier alpha value is -1.35. The van der Waals surface area contributed by atoms with Crippen LogP contribution >= 0.6 is 0 Å². The van der Waals surface area contributed by atoms with Crippen LogP contribution in [0.15, 0.2) is 36.5 Å². The summed E-state index contributed by atoms with van der Waals surface area (Å²) in [6.45, 7) is 4.21.